The number of carbonyl (C=O) groups is 1. The number of nitrogens with one attached hydrogen (secondary N) is 1. The third-order valence-corrected chi connectivity index (χ3v) is 3.15. The predicted octanol–water partition coefficient (Wildman–Crippen LogP) is 1.92. The molecular weight excluding hydrogens is 266 g/mol. The van der Waals surface area contributed by atoms with Gasteiger partial charge in [-0.05, 0) is 5.56 Å². The molecule has 0 bridgehead atoms. The van der Waals surface area contributed by atoms with Gasteiger partial charge in [0, 0.05) is 19.3 Å². The summed E-state index contributed by atoms with van der Waals surface area (Å²) in [6, 6.07) is 11.7. The van der Waals surface area contributed by atoms with Gasteiger partial charge in [0.25, 0.3) is 5.91 Å². The zero-order valence-electron chi connectivity index (χ0n) is 11.6. The van der Waals surface area contributed by atoms with Crippen molar-refractivity contribution in [1.82, 2.24) is 19.6 Å². The smallest absolute Gasteiger partial charge is 0.259 e. The van der Waals surface area contributed by atoms with E-state index in [-0.39, 0.29) is 5.91 Å². The lowest BCUT2D eigenvalue weighted by Crippen LogP contribution is -2.14. The minimum absolute atomic E-state index is 0.196. The van der Waals surface area contributed by atoms with E-state index in [2.05, 4.69) is 15.5 Å². The molecule has 0 atom stereocenters. The molecule has 0 aliphatic heterocycles. The van der Waals surface area contributed by atoms with Crippen molar-refractivity contribution in [1.29, 1.82) is 0 Å². The molecule has 6 heteroatoms. The van der Waals surface area contributed by atoms with Gasteiger partial charge in [-0.3, -0.25) is 14.2 Å². The Kier molecular flexibility index (Phi) is 3.51. The highest BCUT2D eigenvalue weighted by atomic mass is 16.1. The lowest BCUT2D eigenvalue weighted by molar-refractivity contribution is 0.102. The van der Waals surface area contributed by atoms with Gasteiger partial charge in [-0.2, -0.15) is 10.2 Å². The first-order chi connectivity index (χ1) is 10.2. The Morgan fingerprint density at radius 1 is 1.19 bits per heavy atom. The second-order valence-electron chi connectivity index (χ2n) is 4.71. The van der Waals surface area contributed by atoms with E-state index in [1.54, 1.807) is 41.1 Å². The minimum atomic E-state index is -0.196. The van der Waals surface area contributed by atoms with E-state index in [0.717, 1.165) is 5.56 Å². The highest BCUT2D eigenvalue weighted by molar-refractivity contribution is 6.03. The second-order valence-corrected chi connectivity index (χ2v) is 4.71. The van der Waals surface area contributed by atoms with Crippen LogP contribution in [0, 0.1) is 0 Å². The average Bonchev–Trinajstić information content (AvgIpc) is 3.10. The topological polar surface area (TPSA) is 64.7 Å². The van der Waals surface area contributed by atoms with E-state index in [0.29, 0.717) is 17.9 Å². The number of carbonyl (C=O) groups excluding carboxylic acids is 1. The third-order valence-electron chi connectivity index (χ3n) is 3.15. The third kappa shape index (κ3) is 3.00. The lowest BCUT2D eigenvalue weighted by atomic mass is 10.2. The van der Waals surface area contributed by atoms with Crippen LogP contribution in [-0.2, 0) is 13.6 Å². The number of rotatable bonds is 4. The van der Waals surface area contributed by atoms with Gasteiger partial charge in [-0.25, -0.2) is 0 Å². The molecule has 0 unspecified atom stereocenters. The van der Waals surface area contributed by atoms with Crippen molar-refractivity contribution in [3.05, 3.63) is 66.1 Å². The molecule has 3 aromatic rings. The first-order valence-corrected chi connectivity index (χ1v) is 6.58. The minimum Gasteiger partial charge on any atom is -0.307 e. The number of benzene rings is 1. The zero-order chi connectivity index (χ0) is 14.7. The summed E-state index contributed by atoms with van der Waals surface area (Å²) in [5, 5.41) is 11.0. The van der Waals surface area contributed by atoms with Crippen LogP contribution in [0.2, 0.25) is 0 Å². The summed E-state index contributed by atoms with van der Waals surface area (Å²) in [4.78, 5) is 12.1. The number of amides is 1. The molecule has 0 fully saturated rings. The van der Waals surface area contributed by atoms with Crippen molar-refractivity contribution >= 4 is 11.7 Å². The Morgan fingerprint density at radius 3 is 2.71 bits per heavy atom. The highest BCUT2D eigenvalue weighted by Crippen LogP contribution is 2.08. The molecule has 2 heterocycles. The average molecular weight is 281 g/mol. The van der Waals surface area contributed by atoms with Gasteiger partial charge in [-0.15, -0.1) is 0 Å². The zero-order valence-corrected chi connectivity index (χ0v) is 11.6. The van der Waals surface area contributed by atoms with E-state index in [4.69, 9.17) is 0 Å². The molecule has 0 spiro atoms. The first-order valence-electron chi connectivity index (χ1n) is 6.58. The summed E-state index contributed by atoms with van der Waals surface area (Å²) < 4.78 is 3.35. The standard InChI is InChI=1S/C15H15N5O/c1-19-14(7-8-16-19)18-15(21)13-9-17-20(11-13)10-12-5-3-2-4-6-12/h2-9,11H,10H2,1H3,(H,18,21). The molecule has 6 nitrogen and oxygen atoms in total. The van der Waals surface area contributed by atoms with Crippen LogP contribution in [-0.4, -0.2) is 25.5 Å². The molecule has 1 N–H and O–H groups in total. The largest absolute Gasteiger partial charge is 0.307 e. The summed E-state index contributed by atoms with van der Waals surface area (Å²) in [7, 11) is 1.77. The Balaban J connectivity index is 1.70. The molecule has 0 aliphatic rings. The van der Waals surface area contributed by atoms with Gasteiger partial charge < -0.3 is 5.32 Å². The van der Waals surface area contributed by atoms with Crippen molar-refractivity contribution in [2.75, 3.05) is 5.32 Å². The molecule has 0 saturated carbocycles. The fourth-order valence-electron chi connectivity index (χ4n) is 2.02. The summed E-state index contributed by atoms with van der Waals surface area (Å²) in [5.41, 5.74) is 1.66. The Hall–Kier alpha value is -2.89. The molecule has 1 amide bonds. The van der Waals surface area contributed by atoms with E-state index >= 15 is 0 Å². The lowest BCUT2D eigenvalue weighted by Gasteiger charge is -2.03. The van der Waals surface area contributed by atoms with Gasteiger partial charge in [0.15, 0.2) is 0 Å². The maximum Gasteiger partial charge on any atom is 0.259 e. The van der Waals surface area contributed by atoms with Crippen molar-refractivity contribution in [3.63, 3.8) is 0 Å². The SMILES string of the molecule is Cn1nccc1NC(=O)c1cnn(Cc2ccccc2)c1. The molecule has 2 aromatic heterocycles. The molecule has 106 valence electrons. The highest BCUT2D eigenvalue weighted by Gasteiger charge is 2.10. The molecular formula is C15H15N5O. The number of hydrogen-bond donors (Lipinski definition) is 1. The van der Waals surface area contributed by atoms with Gasteiger partial charge in [-0.1, -0.05) is 30.3 Å². The normalized spacial score (nSPS) is 10.5. The fourth-order valence-corrected chi connectivity index (χ4v) is 2.02. The summed E-state index contributed by atoms with van der Waals surface area (Å²) in [6.07, 6.45) is 4.93. The van der Waals surface area contributed by atoms with Crippen LogP contribution in [0.5, 0.6) is 0 Å². The van der Waals surface area contributed by atoms with Gasteiger partial charge in [0.2, 0.25) is 0 Å². The molecule has 3 rings (SSSR count). The van der Waals surface area contributed by atoms with Crippen molar-refractivity contribution < 1.29 is 4.79 Å². The Bertz CT molecular complexity index is 744. The van der Waals surface area contributed by atoms with Gasteiger partial charge in [0.1, 0.15) is 5.82 Å². The number of aromatic nitrogens is 4. The van der Waals surface area contributed by atoms with Crippen molar-refractivity contribution in [2.45, 2.75) is 6.54 Å². The molecule has 21 heavy (non-hydrogen) atoms. The van der Waals surface area contributed by atoms with Crippen LogP contribution in [0.3, 0.4) is 0 Å². The van der Waals surface area contributed by atoms with Crippen LogP contribution in [0.15, 0.2) is 55.0 Å². The van der Waals surface area contributed by atoms with Crippen LogP contribution in [0.1, 0.15) is 15.9 Å². The van der Waals surface area contributed by atoms with Crippen LogP contribution >= 0.6 is 0 Å². The fraction of sp³-hybridized carbons (Fsp3) is 0.133. The monoisotopic (exact) mass is 281 g/mol. The van der Waals surface area contributed by atoms with Crippen LogP contribution in [0.25, 0.3) is 0 Å². The maximum absolute atomic E-state index is 12.1. The van der Waals surface area contributed by atoms with Crippen LogP contribution < -0.4 is 5.32 Å². The van der Waals surface area contributed by atoms with E-state index in [9.17, 15) is 4.79 Å². The summed E-state index contributed by atoms with van der Waals surface area (Å²) >= 11 is 0. The number of hydrogen-bond acceptors (Lipinski definition) is 3. The summed E-state index contributed by atoms with van der Waals surface area (Å²) in [5.74, 6) is 0.453. The molecule has 0 aliphatic carbocycles. The Morgan fingerprint density at radius 2 is 2.00 bits per heavy atom. The Labute approximate surface area is 122 Å². The van der Waals surface area contributed by atoms with Gasteiger partial charge >= 0.3 is 0 Å². The van der Waals surface area contributed by atoms with E-state index < -0.39 is 0 Å². The predicted molar refractivity (Wildman–Crippen MR) is 78.9 cm³/mol. The van der Waals surface area contributed by atoms with Crippen molar-refractivity contribution in [3.8, 4) is 0 Å². The quantitative estimate of drug-likeness (QED) is 0.794. The molecule has 0 radical (unpaired) electrons. The number of aryl methyl sites for hydroxylation is 1. The van der Waals surface area contributed by atoms with Crippen LogP contribution in [0.4, 0.5) is 5.82 Å². The second kappa shape index (κ2) is 5.62. The maximum atomic E-state index is 12.1. The van der Waals surface area contributed by atoms with Gasteiger partial charge in [0.05, 0.1) is 24.5 Å². The van der Waals surface area contributed by atoms with E-state index in [1.165, 1.54) is 0 Å². The molecule has 0 saturated heterocycles. The molecule has 1 aromatic carbocycles. The number of anilines is 1. The summed E-state index contributed by atoms with van der Waals surface area (Å²) in [6.45, 7) is 0.639. The van der Waals surface area contributed by atoms with E-state index in [1.807, 2.05) is 30.3 Å². The van der Waals surface area contributed by atoms with Crippen molar-refractivity contribution in [2.24, 2.45) is 7.05 Å². The number of nitrogens with zero attached hydrogens (tertiary/aromatic N) is 4. The first kappa shape index (κ1) is 13.1.